The van der Waals surface area contributed by atoms with E-state index < -0.39 is 5.97 Å². The maximum absolute atomic E-state index is 11.3. The van der Waals surface area contributed by atoms with Gasteiger partial charge in [0.05, 0.1) is 25.5 Å². The zero-order valence-electron chi connectivity index (χ0n) is 11.2. The summed E-state index contributed by atoms with van der Waals surface area (Å²) in [5, 5.41) is 12.3. The molecular weight excluding hydrogens is 258 g/mol. The smallest absolute Gasteiger partial charge is 0.337 e. The topological polar surface area (TPSA) is 67.8 Å². The molecule has 0 amide bonds. The van der Waals surface area contributed by atoms with Gasteiger partial charge >= 0.3 is 5.97 Å². The Balaban J connectivity index is 2.34. The Hall–Kier alpha value is -2.69. The molecule has 0 radical (unpaired) electrons. The number of anilines is 2. The molecule has 104 valence electrons. The lowest BCUT2D eigenvalue weighted by atomic mass is 10.1. The van der Waals surface area contributed by atoms with Crippen molar-refractivity contribution in [2.75, 3.05) is 19.5 Å². The Bertz CT molecular complexity index is 625. The van der Waals surface area contributed by atoms with Crippen molar-refractivity contribution in [1.82, 2.24) is 0 Å². The molecule has 5 heteroatoms. The predicted octanol–water partition coefficient (Wildman–Crippen LogP) is 3.15. The first-order valence-electron chi connectivity index (χ1n) is 5.96. The second-order valence-electron chi connectivity index (χ2n) is 4.07. The van der Waals surface area contributed by atoms with Crippen LogP contribution in [0.5, 0.6) is 11.5 Å². The zero-order chi connectivity index (χ0) is 14.5. The molecule has 0 aliphatic heterocycles. The fourth-order valence-electron chi connectivity index (χ4n) is 1.79. The quantitative estimate of drug-likeness (QED) is 0.876. The minimum Gasteiger partial charge on any atom is -0.497 e. The third-order valence-corrected chi connectivity index (χ3v) is 2.81. The van der Waals surface area contributed by atoms with Gasteiger partial charge in [0.1, 0.15) is 11.5 Å². The summed E-state index contributed by atoms with van der Waals surface area (Å²) in [6.45, 7) is 0. The molecule has 20 heavy (non-hydrogen) atoms. The monoisotopic (exact) mass is 273 g/mol. The minimum absolute atomic E-state index is 0.146. The van der Waals surface area contributed by atoms with Crippen molar-refractivity contribution in [3.8, 4) is 11.5 Å². The van der Waals surface area contributed by atoms with E-state index in [1.165, 1.54) is 13.2 Å². The van der Waals surface area contributed by atoms with Crippen LogP contribution in [0.3, 0.4) is 0 Å². The lowest BCUT2D eigenvalue weighted by molar-refractivity contribution is 0.0697. The van der Waals surface area contributed by atoms with Crippen molar-refractivity contribution in [3.05, 3.63) is 48.0 Å². The second kappa shape index (κ2) is 5.97. The molecule has 0 aliphatic carbocycles. The van der Waals surface area contributed by atoms with Crippen molar-refractivity contribution >= 4 is 17.3 Å². The SMILES string of the molecule is COc1cccc(Nc2ccc(OC)cc2C(=O)O)c1. The highest BCUT2D eigenvalue weighted by molar-refractivity contribution is 5.95. The van der Waals surface area contributed by atoms with E-state index in [4.69, 9.17) is 9.47 Å². The average molecular weight is 273 g/mol. The number of benzene rings is 2. The van der Waals surface area contributed by atoms with Gasteiger partial charge in [-0.2, -0.15) is 0 Å². The zero-order valence-corrected chi connectivity index (χ0v) is 11.2. The summed E-state index contributed by atoms with van der Waals surface area (Å²) < 4.78 is 10.2. The first kappa shape index (κ1) is 13.7. The third kappa shape index (κ3) is 3.00. The lowest BCUT2D eigenvalue weighted by Gasteiger charge is -2.11. The number of methoxy groups -OCH3 is 2. The van der Waals surface area contributed by atoms with E-state index in [9.17, 15) is 9.90 Å². The number of aromatic carboxylic acids is 1. The van der Waals surface area contributed by atoms with Crippen molar-refractivity contribution in [3.63, 3.8) is 0 Å². The lowest BCUT2D eigenvalue weighted by Crippen LogP contribution is -2.03. The van der Waals surface area contributed by atoms with Crippen LogP contribution in [0, 0.1) is 0 Å². The van der Waals surface area contributed by atoms with Crippen LogP contribution in [0.25, 0.3) is 0 Å². The highest BCUT2D eigenvalue weighted by Gasteiger charge is 2.12. The molecule has 5 nitrogen and oxygen atoms in total. The maximum atomic E-state index is 11.3. The molecule has 0 saturated heterocycles. The van der Waals surface area contributed by atoms with Gasteiger partial charge in [-0.15, -0.1) is 0 Å². The van der Waals surface area contributed by atoms with Crippen LogP contribution < -0.4 is 14.8 Å². The molecule has 2 rings (SSSR count). The summed E-state index contributed by atoms with van der Waals surface area (Å²) in [6, 6.07) is 12.1. The summed E-state index contributed by atoms with van der Waals surface area (Å²) in [5.74, 6) is 0.174. The molecule has 2 aromatic rings. The van der Waals surface area contributed by atoms with Crippen LogP contribution in [-0.4, -0.2) is 25.3 Å². The van der Waals surface area contributed by atoms with Gasteiger partial charge in [-0.1, -0.05) is 6.07 Å². The summed E-state index contributed by atoms with van der Waals surface area (Å²) in [7, 11) is 3.07. The molecule has 0 heterocycles. The average Bonchev–Trinajstić information content (AvgIpc) is 2.47. The number of hydrogen-bond donors (Lipinski definition) is 2. The van der Waals surface area contributed by atoms with Crippen molar-refractivity contribution in [2.45, 2.75) is 0 Å². The normalized spacial score (nSPS) is 9.90. The molecule has 0 spiro atoms. The van der Waals surface area contributed by atoms with E-state index in [0.29, 0.717) is 17.2 Å². The summed E-state index contributed by atoms with van der Waals surface area (Å²) >= 11 is 0. The molecule has 2 aromatic carbocycles. The van der Waals surface area contributed by atoms with Crippen molar-refractivity contribution in [1.29, 1.82) is 0 Å². The highest BCUT2D eigenvalue weighted by atomic mass is 16.5. The Morgan fingerprint density at radius 1 is 1.05 bits per heavy atom. The van der Waals surface area contributed by atoms with Crippen molar-refractivity contribution in [2.24, 2.45) is 0 Å². The molecule has 2 N–H and O–H groups in total. The van der Waals surface area contributed by atoms with Gasteiger partial charge in [0.25, 0.3) is 0 Å². The number of carboxylic acids is 1. The number of ether oxygens (including phenoxy) is 2. The molecule has 0 fully saturated rings. The van der Waals surface area contributed by atoms with Gasteiger partial charge in [0.2, 0.25) is 0 Å². The van der Waals surface area contributed by atoms with Crippen LogP contribution in [0.1, 0.15) is 10.4 Å². The van der Waals surface area contributed by atoms with Gasteiger partial charge in [-0.25, -0.2) is 4.79 Å². The summed E-state index contributed by atoms with van der Waals surface area (Å²) in [5.41, 5.74) is 1.38. The van der Waals surface area contributed by atoms with Gasteiger partial charge in [-0.05, 0) is 30.3 Å². The number of nitrogens with one attached hydrogen (secondary N) is 1. The Kier molecular flexibility index (Phi) is 4.10. The minimum atomic E-state index is -1.02. The molecular formula is C15H15NO4. The standard InChI is InChI=1S/C15H15NO4/c1-19-11-5-3-4-10(8-11)16-14-7-6-12(20-2)9-13(14)15(17)18/h3-9,16H,1-2H3,(H,17,18). The molecule has 0 saturated carbocycles. The predicted molar refractivity (Wildman–Crippen MR) is 76.2 cm³/mol. The second-order valence-corrected chi connectivity index (χ2v) is 4.07. The summed E-state index contributed by atoms with van der Waals surface area (Å²) in [4.78, 5) is 11.3. The van der Waals surface area contributed by atoms with E-state index in [1.54, 1.807) is 25.3 Å². The number of rotatable bonds is 5. The maximum Gasteiger partial charge on any atom is 0.337 e. The first-order chi connectivity index (χ1) is 9.63. The van der Waals surface area contributed by atoms with Crippen LogP contribution in [-0.2, 0) is 0 Å². The van der Waals surface area contributed by atoms with Gasteiger partial charge in [0.15, 0.2) is 0 Å². The number of carbonyl (C=O) groups is 1. The van der Waals surface area contributed by atoms with Crippen LogP contribution in [0.4, 0.5) is 11.4 Å². The van der Waals surface area contributed by atoms with E-state index in [2.05, 4.69) is 5.32 Å². The molecule has 0 aliphatic rings. The third-order valence-electron chi connectivity index (χ3n) is 2.81. The summed E-state index contributed by atoms with van der Waals surface area (Å²) in [6.07, 6.45) is 0. The van der Waals surface area contributed by atoms with E-state index in [0.717, 1.165) is 5.69 Å². The molecule has 0 atom stereocenters. The van der Waals surface area contributed by atoms with Crippen LogP contribution >= 0.6 is 0 Å². The number of carboxylic acid groups (broad SMARTS) is 1. The Morgan fingerprint density at radius 2 is 1.75 bits per heavy atom. The fourth-order valence-corrected chi connectivity index (χ4v) is 1.79. The first-order valence-corrected chi connectivity index (χ1v) is 5.96. The van der Waals surface area contributed by atoms with Crippen molar-refractivity contribution < 1.29 is 19.4 Å². The Morgan fingerprint density at radius 3 is 2.40 bits per heavy atom. The van der Waals surface area contributed by atoms with Crippen LogP contribution in [0.2, 0.25) is 0 Å². The van der Waals surface area contributed by atoms with E-state index >= 15 is 0 Å². The van der Waals surface area contributed by atoms with E-state index in [1.807, 2.05) is 18.2 Å². The largest absolute Gasteiger partial charge is 0.497 e. The molecule has 0 aromatic heterocycles. The molecule has 0 bridgehead atoms. The van der Waals surface area contributed by atoms with Gasteiger partial charge < -0.3 is 19.9 Å². The van der Waals surface area contributed by atoms with Gasteiger partial charge in [-0.3, -0.25) is 0 Å². The molecule has 0 unspecified atom stereocenters. The fraction of sp³-hybridized carbons (Fsp3) is 0.133. The highest BCUT2D eigenvalue weighted by Crippen LogP contribution is 2.27. The van der Waals surface area contributed by atoms with E-state index in [-0.39, 0.29) is 5.56 Å². The van der Waals surface area contributed by atoms with Crippen LogP contribution in [0.15, 0.2) is 42.5 Å². The van der Waals surface area contributed by atoms with Gasteiger partial charge in [0, 0.05) is 11.8 Å². The Labute approximate surface area is 116 Å². The number of hydrogen-bond acceptors (Lipinski definition) is 4.